The van der Waals surface area contributed by atoms with E-state index in [9.17, 15) is 9.59 Å². The fourth-order valence-corrected chi connectivity index (χ4v) is 5.40. The Morgan fingerprint density at radius 1 is 1.03 bits per heavy atom. The molecule has 36 heavy (non-hydrogen) atoms. The van der Waals surface area contributed by atoms with Gasteiger partial charge in [0.05, 0.1) is 22.6 Å². The van der Waals surface area contributed by atoms with E-state index in [-0.39, 0.29) is 17.4 Å². The summed E-state index contributed by atoms with van der Waals surface area (Å²) in [6.07, 6.45) is 3.96. The molecule has 3 aromatic carbocycles. The Bertz CT molecular complexity index is 1460. The molecule has 5 rings (SSSR count). The lowest BCUT2D eigenvalue weighted by molar-refractivity contribution is -0.138. The lowest BCUT2D eigenvalue weighted by Gasteiger charge is -2.33. The van der Waals surface area contributed by atoms with Gasteiger partial charge in [0.2, 0.25) is 5.91 Å². The molecule has 0 radical (unpaired) electrons. The number of hydrogen-bond donors (Lipinski definition) is 0. The number of carbonyl (C=O) groups is 1. The van der Waals surface area contributed by atoms with E-state index in [2.05, 4.69) is 0 Å². The van der Waals surface area contributed by atoms with Crippen molar-refractivity contribution in [1.82, 2.24) is 14.5 Å². The number of halogens is 1. The number of aromatic nitrogens is 2. The van der Waals surface area contributed by atoms with Gasteiger partial charge in [0.25, 0.3) is 5.56 Å². The van der Waals surface area contributed by atoms with Crippen molar-refractivity contribution in [3.05, 3.63) is 105 Å². The maximum absolute atomic E-state index is 13.9. The molecule has 1 aromatic heterocycles. The molecule has 1 unspecified atom stereocenters. The van der Waals surface area contributed by atoms with Gasteiger partial charge in [-0.3, -0.25) is 14.2 Å². The number of hydrogen-bond acceptors (Lipinski definition) is 3. The number of carbonyl (C=O) groups excluding carboxylic acids is 1. The minimum Gasteiger partial charge on any atom is -0.328 e. The van der Waals surface area contributed by atoms with Crippen LogP contribution in [0.5, 0.6) is 0 Å². The molecule has 6 heteroatoms. The van der Waals surface area contributed by atoms with E-state index in [1.54, 1.807) is 10.6 Å². The molecule has 1 atom stereocenters. The van der Waals surface area contributed by atoms with Crippen LogP contribution in [0.25, 0.3) is 16.6 Å². The van der Waals surface area contributed by atoms with Crippen molar-refractivity contribution >= 4 is 28.4 Å². The van der Waals surface area contributed by atoms with Gasteiger partial charge in [0.15, 0.2) is 0 Å². The molecule has 0 saturated heterocycles. The predicted molar refractivity (Wildman–Crippen MR) is 144 cm³/mol. The first kappa shape index (κ1) is 24.3. The Morgan fingerprint density at radius 2 is 1.72 bits per heavy atom. The molecule has 0 aliphatic heterocycles. The van der Waals surface area contributed by atoms with Crippen molar-refractivity contribution in [2.45, 2.75) is 52.1 Å². The summed E-state index contributed by atoms with van der Waals surface area (Å²) in [5.74, 6) is 0.664. The first-order chi connectivity index (χ1) is 17.5. The molecule has 1 fully saturated rings. The Balaban J connectivity index is 1.70. The molecule has 1 aliphatic carbocycles. The standard InChI is InChI=1S/C30H30ClN3O2/c1-20-25(31)16-10-18-27(20)34-28(32-26-17-9-8-15-24(26)30(34)36)21(2)33(19-22-11-4-3-5-12-22)29(35)23-13-6-7-14-23/h3-5,8-12,15-18,21,23H,6-7,13-14,19H2,1-2H3. The van der Waals surface area contributed by atoms with Crippen LogP contribution in [-0.4, -0.2) is 20.4 Å². The summed E-state index contributed by atoms with van der Waals surface area (Å²) in [6, 6.07) is 22.5. The zero-order valence-electron chi connectivity index (χ0n) is 20.7. The lowest BCUT2D eigenvalue weighted by Crippen LogP contribution is -2.39. The fraction of sp³-hybridized carbons (Fsp3) is 0.300. The number of rotatable bonds is 6. The van der Waals surface area contributed by atoms with E-state index >= 15 is 0 Å². The minimum atomic E-state index is -0.436. The van der Waals surface area contributed by atoms with E-state index in [1.165, 1.54) is 0 Å². The molecular weight excluding hydrogens is 470 g/mol. The van der Waals surface area contributed by atoms with Crippen LogP contribution in [0.2, 0.25) is 5.02 Å². The molecule has 1 amide bonds. The Kier molecular flexibility index (Phi) is 6.92. The summed E-state index contributed by atoms with van der Waals surface area (Å²) < 4.78 is 1.65. The number of fused-ring (bicyclic) bond motifs is 1. The maximum Gasteiger partial charge on any atom is 0.266 e. The highest BCUT2D eigenvalue weighted by atomic mass is 35.5. The highest BCUT2D eigenvalue weighted by Crippen LogP contribution is 2.32. The number of amides is 1. The van der Waals surface area contributed by atoms with Gasteiger partial charge >= 0.3 is 0 Å². The molecule has 0 N–H and O–H groups in total. The Morgan fingerprint density at radius 3 is 2.47 bits per heavy atom. The third kappa shape index (κ3) is 4.56. The number of benzene rings is 3. The van der Waals surface area contributed by atoms with Crippen LogP contribution in [0.15, 0.2) is 77.6 Å². The minimum absolute atomic E-state index is 0.00435. The second kappa shape index (κ2) is 10.3. The summed E-state index contributed by atoms with van der Waals surface area (Å²) in [6.45, 7) is 4.33. The van der Waals surface area contributed by atoms with E-state index in [4.69, 9.17) is 16.6 Å². The fourth-order valence-electron chi connectivity index (χ4n) is 5.23. The normalized spacial score (nSPS) is 14.8. The molecule has 184 valence electrons. The van der Waals surface area contributed by atoms with Gasteiger partial charge < -0.3 is 4.90 Å². The molecule has 1 aliphatic rings. The monoisotopic (exact) mass is 499 g/mol. The number of para-hydroxylation sites is 1. The number of nitrogens with zero attached hydrogens (tertiary/aromatic N) is 3. The van der Waals surface area contributed by atoms with E-state index in [0.29, 0.717) is 34.0 Å². The van der Waals surface area contributed by atoms with E-state index < -0.39 is 6.04 Å². The quantitative estimate of drug-likeness (QED) is 0.299. The van der Waals surface area contributed by atoms with Crippen LogP contribution < -0.4 is 5.56 Å². The predicted octanol–water partition coefficient (Wildman–Crippen LogP) is 6.63. The molecule has 5 nitrogen and oxygen atoms in total. The first-order valence-corrected chi connectivity index (χ1v) is 12.9. The van der Waals surface area contributed by atoms with E-state index in [1.807, 2.05) is 85.5 Å². The summed E-state index contributed by atoms with van der Waals surface area (Å²) >= 11 is 6.47. The Hall–Kier alpha value is -3.44. The van der Waals surface area contributed by atoms with Crippen molar-refractivity contribution in [1.29, 1.82) is 0 Å². The zero-order chi connectivity index (χ0) is 25.2. The smallest absolute Gasteiger partial charge is 0.266 e. The molecule has 0 bridgehead atoms. The van der Waals surface area contributed by atoms with Crippen LogP contribution in [0.4, 0.5) is 0 Å². The average molecular weight is 500 g/mol. The molecule has 0 spiro atoms. The highest BCUT2D eigenvalue weighted by Gasteiger charge is 2.33. The van der Waals surface area contributed by atoms with Gasteiger partial charge in [-0.2, -0.15) is 0 Å². The van der Waals surface area contributed by atoms with Crippen LogP contribution in [-0.2, 0) is 11.3 Å². The van der Waals surface area contributed by atoms with Crippen molar-refractivity contribution in [2.24, 2.45) is 5.92 Å². The highest BCUT2D eigenvalue weighted by molar-refractivity contribution is 6.31. The van der Waals surface area contributed by atoms with Gasteiger partial charge in [0, 0.05) is 17.5 Å². The van der Waals surface area contributed by atoms with Gasteiger partial charge in [-0.05, 0) is 62.1 Å². The SMILES string of the molecule is Cc1c(Cl)cccc1-n1c(C(C)N(Cc2ccccc2)C(=O)C2CCCC2)nc2ccccc2c1=O. The summed E-state index contributed by atoms with van der Waals surface area (Å²) in [7, 11) is 0. The second-order valence-electron chi connectivity index (χ2n) is 9.62. The van der Waals surface area contributed by atoms with Crippen LogP contribution in [0.1, 0.15) is 55.6 Å². The second-order valence-corrected chi connectivity index (χ2v) is 10.0. The van der Waals surface area contributed by atoms with Gasteiger partial charge in [-0.15, -0.1) is 0 Å². The van der Waals surface area contributed by atoms with Gasteiger partial charge in [0.1, 0.15) is 5.82 Å². The van der Waals surface area contributed by atoms with Crippen LogP contribution >= 0.6 is 11.6 Å². The van der Waals surface area contributed by atoms with Crippen LogP contribution in [0.3, 0.4) is 0 Å². The van der Waals surface area contributed by atoms with E-state index in [0.717, 1.165) is 36.8 Å². The zero-order valence-corrected chi connectivity index (χ0v) is 21.4. The van der Waals surface area contributed by atoms with Crippen molar-refractivity contribution in [3.8, 4) is 5.69 Å². The van der Waals surface area contributed by atoms with Crippen molar-refractivity contribution < 1.29 is 4.79 Å². The maximum atomic E-state index is 13.9. The summed E-state index contributed by atoms with van der Waals surface area (Å²) in [4.78, 5) is 34.7. The molecular formula is C30H30ClN3O2. The van der Waals surface area contributed by atoms with Crippen molar-refractivity contribution in [2.75, 3.05) is 0 Å². The summed E-state index contributed by atoms with van der Waals surface area (Å²) in [5.41, 5.74) is 2.97. The summed E-state index contributed by atoms with van der Waals surface area (Å²) in [5, 5.41) is 1.11. The third-order valence-corrected chi connectivity index (χ3v) is 7.72. The van der Waals surface area contributed by atoms with Crippen LogP contribution in [0, 0.1) is 12.8 Å². The first-order valence-electron chi connectivity index (χ1n) is 12.6. The van der Waals surface area contributed by atoms with Crippen molar-refractivity contribution in [3.63, 3.8) is 0 Å². The largest absolute Gasteiger partial charge is 0.328 e. The Labute approximate surface area is 216 Å². The molecule has 1 heterocycles. The van der Waals surface area contributed by atoms with Gasteiger partial charge in [-0.25, -0.2) is 4.98 Å². The molecule has 4 aromatic rings. The molecule has 1 saturated carbocycles. The third-order valence-electron chi connectivity index (χ3n) is 7.31. The average Bonchev–Trinajstić information content (AvgIpc) is 3.44. The lowest BCUT2D eigenvalue weighted by atomic mass is 10.0. The topological polar surface area (TPSA) is 55.2 Å². The van der Waals surface area contributed by atoms with Gasteiger partial charge in [-0.1, -0.05) is 73.0 Å².